The van der Waals surface area contributed by atoms with E-state index < -0.39 is 12.5 Å². The molecule has 0 saturated heterocycles. The molecule has 0 amide bonds. The number of carbonyl (C=O) groups excluding carboxylic acids is 1. The van der Waals surface area contributed by atoms with Gasteiger partial charge >= 0.3 is 12.5 Å². The zero-order valence-corrected chi connectivity index (χ0v) is 9.21. The van der Waals surface area contributed by atoms with Crippen LogP contribution in [-0.4, -0.2) is 33.1 Å². The van der Waals surface area contributed by atoms with Crippen LogP contribution in [0.5, 0.6) is 0 Å². The fourth-order valence-corrected chi connectivity index (χ4v) is 1.26. The molecule has 2 aromatic rings. The second kappa shape index (κ2) is 4.90. The lowest BCUT2D eigenvalue weighted by Crippen LogP contribution is -2.04. The summed E-state index contributed by atoms with van der Waals surface area (Å²) in [7, 11) is 1.21. The molecule has 9 heteroatoms. The van der Waals surface area contributed by atoms with Crippen molar-refractivity contribution in [3.8, 4) is 11.6 Å². The number of aromatic nitrogens is 4. The van der Waals surface area contributed by atoms with E-state index >= 15 is 0 Å². The lowest BCUT2D eigenvalue weighted by atomic mass is 10.4. The van der Waals surface area contributed by atoms with Crippen LogP contribution < -0.4 is 0 Å². The maximum Gasteiger partial charge on any atom is 0.333 e. The van der Waals surface area contributed by atoms with E-state index in [-0.39, 0.29) is 23.9 Å². The van der Waals surface area contributed by atoms with E-state index in [0.717, 1.165) is 0 Å². The van der Waals surface area contributed by atoms with Crippen LogP contribution in [0.25, 0.3) is 11.6 Å². The molecule has 0 unspecified atom stereocenters. The fraction of sp³-hybridized carbons (Fsp3) is 0.333. The second-order valence-corrected chi connectivity index (χ2v) is 3.19. The Hall–Kier alpha value is -2.32. The summed E-state index contributed by atoms with van der Waals surface area (Å²) in [6.07, 6.45) is 0.970. The van der Waals surface area contributed by atoms with Crippen molar-refractivity contribution >= 4 is 5.97 Å². The minimum absolute atomic E-state index is 0.0149. The molecule has 96 valence electrons. The molecule has 2 aromatic heterocycles. The first-order chi connectivity index (χ1) is 8.61. The summed E-state index contributed by atoms with van der Waals surface area (Å²) in [5.74, 6) is -0.710. The van der Waals surface area contributed by atoms with Gasteiger partial charge in [0, 0.05) is 6.20 Å². The Morgan fingerprint density at radius 1 is 1.56 bits per heavy atom. The Balaban J connectivity index is 2.24. The van der Waals surface area contributed by atoms with Crippen molar-refractivity contribution in [3.63, 3.8) is 0 Å². The zero-order valence-electron chi connectivity index (χ0n) is 9.21. The van der Waals surface area contributed by atoms with Gasteiger partial charge in [-0.15, -0.1) is 10.2 Å². The van der Waals surface area contributed by atoms with E-state index in [4.69, 9.17) is 4.42 Å². The summed E-state index contributed by atoms with van der Waals surface area (Å²) < 4.78 is 35.0. The molecular weight excluding hydrogens is 250 g/mol. The van der Waals surface area contributed by atoms with Crippen molar-refractivity contribution in [2.75, 3.05) is 7.11 Å². The van der Waals surface area contributed by atoms with Gasteiger partial charge in [-0.3, -0.25) is 4.79 Å². The average Bonchev–Trinajstić information content (AvgIpc) is 2.95. The minimum Gasteiger partial charge on any atom is -0.469 e. The SMILES string of the molecule is COC(=O)Cc1nnc(-c2ccnn2C(F)F)o1. The van der Waals surface area contributed by atoms with E-state index in [0.29, 0.717) is 4.68 Å². The number of nitrogens with zero attached hydrogens (tertiary/aromatic N) is 4. The van der Waals surface area contributed by atoms with Crippen molar-refractivity contribution in [2.45, 2.75) is 13.0 Å². The molecule has 2 rings (SSSR count). The van der Waals surface area contributed by atoms with Gasteiger partial charge in [-0.1, -0.05) is 0 Å². The Kier molecular flexibility index (Phi) is 3.31. The van der Waals surface area contributed by atoms with Crippen LogP contribution in [0.4, 0.5) is 8.78 Å². The Morgan fingerprint density at radius 2 is 2.33 bits per heavy atom. The molecule has 0 spiro atoms. The second-order valence-electron chi connectivity index (χ2n) is 3.19. The van der Waals surface area contributed by atoms with Crippen LogP contribution >= 0.6 is 0 Å². The third-order valence-corrected chi connectivity index (χ3v) is 2.06. The molecule has 18 heavy (non-hydrogen) atoms. The molecule has 0 radical (unpaired) electrons. The fourth-order valence-electron chi connectivity index (χ4n) is 1.26. The van der Waals surface area contributed by atoms with E-state index in [1.54, 1.807) is 0 Å². The monoisotopic (exact) mass is 258 g/mol. The standard InChI is InChI=1S/C9H8F2N4O3/c1-17-7(16)4-6-13-14-8(18-6)5-2-3-12-15(5)9(10)11/h2-3,9H,4H2,1H3. The highest BCUT2D eigenvalue weighted by molar-refractivity contribution is 5.71. The first-order valence-corrected chi connectivity index (χ1v) is 4.83. The molecule has 0 N–H and O–H groups in total. The Labute approximate surface area is 99.4 Å². The van der Waals surface area contributed by atoms with Gasteiger partial charge in [0.15, 0.2) is 0 Å². The number of methoxy groups -OCH3 is 1. The minimum atomic E-state index is -2.81. The molecule has 0 aliphatic carbocycles. The lowest BCUT2D eigenvalue weighted by molar-refractivity contribution is -0.140. The van der Waals surface area contributed by atoms with Crippen molar-refractivity contribution in [1.82, 2.24) is 20.0 Å². The number of esters is 1. The molecule has 2 heterocycles. The van der Waals surface area contributed by atoms with Gasteiger partial charge in [0.1, 0.15) is 12.1 Å². The Morgan fingerprint density at radius 3 is 3.00 bits per heavy atom. The van der Waals surface area contributed by atoms with Crippen LogP contribution in [-0.2, 0) is 16.0 Å². The van der Waals surface area contributed by atoms with Gasteiger partial charge in [0.2, 0.25) is 5.89 Å². The highest BCUT2D eigenvalue weighted by Gasteiger charge is 2.19. The molecule has 7 nitrogen and oxygen atoms in total. The summed E-state index contributed by atoms with van der Waals surface area (Å²) in [5, 5.41) is 10.6. The van der Waals surface area contributed by atoms with Gasteiger partial charge in [-0.2, -0.15) is 18.6 Å². The number of alkyl halides is 2. The largest absolute Gasteiger partial charge is 0.469 e. The summed E-state index contributed by atoms with van der Waals surface area (Å²) in [4.78, 5) is 11.0. The number of ether oxygens (including phenoxy) is 1. The first kappa shape index (κ1) is 12.1. The number of hydrogen-bond donors (Lipinski definition) is 0. The van der Waals surface area contributed by atoms with Gasteiger partial charge < -0.3 is 9.15 Å². The highest BCUT2D eigenvalue weighted by Crippen LogP contribution is 2.22. The van der Waals surface area contributed by atoms with Gasteiger partial charge in [0.25, 0.3) is 5.89 Å². The van der Waals surface area contributed by atoms with Crippen molar-refractivity contribution in [2.24, 2.45) is 0 Å². The predicted molar refractivity (Wildman–Crippen MR) is 52.5 cm³/mol. The molecule has 0 bridgehead atoms. The van der Waals surface area contributed by atoms with E-state index in [9.17, 15) is 13.6 Å². The van der Waals surface area contributed by atoms with Gasteiger partial charge in [0.05, 0.1) is 7.11 Å². The molecular formula is C9H8F2N4O3. The summed E-state index contributed by atoms with van der Waals surface area (Å²) in [5.41, 5.74) is -0.0198. The Bertz CT molecular complexity index is 552. The van der Waals surface area contributed by atoms with E-state index in [1.807, 2.05) is 0 Å². The normalized spacial score (nSPS) is 10.9. The van der Waals surface area contributed by atoms with Crippen LogP contribution in [0.15, 0.2) is 16.7 Å². The lowest BCUT2D eigenvalue weighted by Gasteiger charge is -2.01. The first-order valence-electron chi connectivity index (χ1n) is 4.83. The molecule has 0 aromatic carbocycles. The summed E-state index contributed by atoms with van der Waals surface area (Å²) >= 11 is 0. The number of halogens is 2. The molecule has 0 fully saturated rings. The maximum atomic E-state index is 12.6. The number of hydrogen-bond acceptors (Lipinski definition) is 6. The average molecular weight is 258 g/mol. The topological polar surface area (TPSA) is 83.0 Å². The van der Waals surface area contributed by atoms with Crippen LogP contribution in [0.3, 0.4) is 0 Å². The van der Waals surface area contributed by atoms with Gasteiger partial charge in [-0.05, 0) is 6.07 Å². The summed E-state index contributed by atoms with van der Waals surface area (Å²) in [6.45, 7) is -2.81. The highest BCUT2D eigenvalue weighted by atomic mass is 19.3. The van der Waals surface area contributed by atoms with Crippen LogP contribution in [0, 0.1) is 0 Å². The summed E-state index contributed by atoms with van der Waals surface area (Å²) in [6, 6.07) is 1.31. The number of carbonyl (C=O) groups is 1. The van der Waals surface area contributed by atoms with E-state index in [2.05, 4.69) is 20.0 Å². The van der Waals surface area contributed by atoms with Crippen LogP contribution in [0.2, 0.25) is 0 Å². The molecule has 0 atom stereocenters. The van der Waals surface area contributed by atoms with Crippen LogP contribution in [0.1, 0.15) is 12.4 Å². The van der Waals surface area contributed by atoms with E-state index in [1.165, 1.54) is 19.4 Å². The molecule has 0 aliphatic rings. The van der Waals surface area contributed by atoms with Gasteiger partial charge in [-0.25, -0.2) is 0 Å². The smallest absolute Gasteiger partial charge is 0.333 e. The molecule has 0 aliphatic heterocycles. The maximum absolute atomic E-state index is 12.6. The number of rotatable bonds is 4. The van der Waals surface area contributed by atoms with Crippen molar-refractivity contribution in [3.05, 3.63) is 18.2 Å². The zero-order chi connectivity index (χ0) is 13.1. The quantitative estimate of drug-likeness (QED) is 0.762. The third-order valence-electron chi connectivity index (χ3n) is 2.06. The van der Waals surface area contributed by atoms with Crippen molar-refractivity contribution in [1.29, 1.82) is 0 Å². The molecule has 0 saturated carbocycles. The van der Waals surface area contributed by atoms with Crippen molar-refractivity contribution < 1.29 is 22.7 Å². The third kappa shape index (κ3) is 2.34. The predicted octanol–water partition coefficient (Wildman–Crippen LogP) is 1.04.